The van der Waals surface area contributed by atoms with Crippen LogP contribution in [-0.4, -0.2) is 47.6 Å². The topological polar surface area (TPSA) is 124 Å². The number of fused-ring (bicyclic) bond motifs is 1. The van der Waals surface area contributed by atoms with Crippen LogP contribution in [-0.2, 0) is 10.1 Å². The van der Waals surface area contributed by atoms with Gasteiger partial charge in [-0.3, -0.25) is 4.55 Å². The monoisotopic (exact) mass is 469 g/mol. The van der Waals surface area contributed by atoms with E-state index in [1.165, 1.54) is 24.3 Å². The summed E-state index contributed by atoms with van der Waals surface area (Å²) in [4.78, 5) is -0.209. The van der Waals surface area contributed by atoms with E-state index in [1.807, 2.05) is 37.3 Å². The van der Waals surface area contributed by atoms with Crippen LogP contribution in [0.2, 0.25) is 0 Å². The molecule has 1 radical (unpaired) electrons. The summed E-state index contributed by atoms with van der Waals surface area (Å²) in [5.41, 5.74) is 2.85. The van der Waals surface area contributed by atoms with E-state index in [9.17, 15) is 13.5 Å². The molecule has 0 aromatic heterocycles. The molecule has 2 N–H and O–H groups in total. The molecule has 0 amide bonds. The second-order valence-electron chi connectivity index (χ2n) is 6.99. The van der Waals surface area contributed by atoms with Crippen LogP contribution >= 0.6 is 0 Å². The maximum absolute atomic E-state index is 11.1. The number of hydrogen-bond donors (Lipinski definition) is 2. The molecule has 0 fully saturated rings. The molecule has 0 aliphatic heterocycles. The fourth-order valence-corrected chi connectivity index (χ4v) is 3.55. The van der Waals surface area contributed by atoms with Crippen molar-refractivity contribution in [2.24, 2.45) is 20.5 Å². The van der Waals surface area contributed by atoms with Crippen LogP contribution in [0.5, 0.6) is 5.75 Å². The Balaban J connectivity index is 0.00000306. The van der Waals surface area contributed by atoms with Gasteiger partial charge in [0.25, 0.3) is 10.1 Å². The number of azo groups is 2. The van der Waals surface area contributed by atoms with Gasteiger partial charge in [0.1, 0.15) is 11.4 Å². The normalized spacial score (nSPS) is 11.8. The summed E-state index contributed by atoms with van der Waals surface area (Å²) in [5.74, 6) is 0.0514. The van der Waals surface area contributed by atoms with E-state index in [1.54, 1.807) is 24.3 Å². The zero-order valence-electron chi connectivity index (χ0n) is 17.9. The number of aromatic hydroxyl groups is 1. The van der Waals surface area contributed by atoms with Crippen LogP contribution in [0.3, 0.4) is 0 Å². The first-order valence-corrected chi connectivity index (χ1v) is 11.0. The predicted molar refractivity (Wildman–Crippen MR) is 127 cm³/mol. The van der Waals surface area contributed by atoms with Gasteiger partial charge in [0.2, 0.25) is 0 Å². The van der Waals surface area contributed by atoms with Gasteiger partial charge in [-0.1, -0.05) is 30.3 Å². The molecule has 10 heteroatoms. The minimum atomic E-state index is -4.24. The SMILES string of the molecule is Cc1cc(N=Nc2ccc(S(=O)(=O)O)cc2)ccc1N=Nc1c(O)ccc2ccccc12.[Na]. The minimum absolute atomic E-state index is 0. The summed E-state index contributed by atoms with van der Waals surface area (Å²) in [6.45, 7) is 1.86. The molecular formula is C23H18N4NaO4S. The second kappa shape index (κ2) is 10.3. The smallest absolute Gasteiger partial charge is 0.294 e. The Morgan fingerprint density at radius 2 is 1.42 bits per heavy atom. The number of benzene rings is 4. The van der Waals surface area contributed by atoms with E-state index in [-0.39, 0.29) is 40.2 Å². The molecule has 0 atom stereocenters. The van der Waals surface area contributed by atoms with Crippen molar-refractivity contribution in [3.8, 4) is 5.75 Å². The Morgan fingerprint density at radius 1 is 0.758 bits per heavy atom. The second-order valence-corrected chi connectivity index (χ2v) is 8.42. The quantitative estimate of drug-likeness (QED) is 0.195. The Bertz CT molecular complexity index is 1470. The number of nitrogens with zero attached hydrogens (tertiary/aromatic N) is 4. The van der Waals surface area contributed by atoms with Crippen molar-refractivity contribution in [1.29, 1.82) is 0 Å². The van der Waals surface area contributed by atoms with Gasteiger partial charge in [0.15, 0.2) is 0 Å². The molecule has 161 valence electrons. The van der Waals surface area contributed by atoms with Gasteiger partial charge in [-0.25, -0.2) is 0 Å². The molecule has 0 saturated heterocycles. The van der Waals surface area contributed by atoms with Gasteiger partial charge >= 0.3 is 0 Å². The summed E-state index contributed by atoms with van der Waals surface area (Å²) < 4.78 is 31.2. The summed E-state index contributed by atoms with van der Waals surface area (Å²) in [7, 11) is -4.24. The third kappa shape index (κ3) is 5.89. The molecule has 33 heavy (non-hydrogen) atoms. The van der Waals surface area contributed by atoms with E-state index < -0.39 is 10.1 Å². The molecule has 4 aromatic rings. The van der Waals surface area contributed by atoms with Gasteiger partial charge in [-0.15, -0.1) is 5.11 Å². The first-order chi connectivity index (χ1) is 15.3. The maximum atomic E-state index is 11.1. The standard InChI is InChI=1S/C23H18N4O4S.Na/c1-15-14-18(25-24-17-7-10-19(11-8-17)32(29,30)31)9-12-21(15)26-27-23-20-5-3-2-4-16(20)6-13-22(23)28;/h2-14,28H,1H3,(H,29,30,31);. The van der Waals surface area contributed by atoms with Crippen molar-refractivity contribution in [3.63, 3.8) is 0 Å². The summed E-state index contributed by atoms with van der Waals surface area (Å²) in [6.07, 6.45) is 0. The van der Waals surface area contributed by atoms with Gasteiger partial charge in [0.05, 0.1) is 22.0 Å². The van der Waals surface area contributed by atoms with Crippen molar-refractivity contribution < 1.29 is 18.1 Å². The van der Waals surface area contributed by atoms with Crippen LogP contribution in [0.25, 0.3) is 10.8 Å². The molecule has 8 nitrogen and oxygen atoms in total. The zero-order chi connectivity index (χ0) is 22.7. The number of rotatable bonds is 5. The third-order valence-electron chi connectivity index (χ3n) is 4.73. The molecule has 0 spiro atoms. The molecule has 0 unspecified atom stereocenters. The fourth-order valence-electron chi connectivity index (χ4n) is 3.07. The van der Waals surface area contributed by atoms with Gasteiger partial charge in [-0.2, -0.15) is 23.8 Å². The van der Waals surface area contributed by atoms with Gasteiger partial charge in [-0.05, 0) is 66.4 Å². The largest absolute Gasteiger partial charge is 0.506 e. The van der Waals surface area contributed by atoms with E-state index in [4.69, 9.17) is 4.55 Å². The molecule has 4 aromatic carbocycles. The van der Waals surface area contributed by atoms with Crippen molar-refractivity contribution in [1.82, 2.24) is 0 Å². The van der Waals surface area contributed by atoms with E-state index in [2.05, 4.69) is 20.5 Å². The fraction of sp³-hybridized carbons (Fsp3) is 0.0435. The van der Waals surface area contributed by atoms with E-state index in [0.717, 1.165) is 16.3 Å². The average molecular weight is 469 g/mol. The summed E-state index contributed by atoms with van der Waals surface area (Å²) >= 11 is 0. The van der Waals surface area contributed by atoms with Crippen LogP contribution in [0.1, 0.15) is 5.56 Å². The number of hydrogen-bond acceptors (Lipinski definition) is 7. The average Bonchev–Trinajstić information content (AvgIpc) is 2.78. The minimum Gasteiger partial charge on any atom is -0.506 e. The number of phenols is 1. The first-order valence-electron chi connectivity index (χ1n) is 9.54. The molecule has 0 aliphatic carbocycles. The first kappa shape index (κ1) is 24.7. The zero-order valence-corrected chi connectivity index (χ0v) is 20.7. The molecule has 0 saturated carbocycles. The molecule has 0 heterocycles. The van der Waals surface area contributed by atoms with Crippen molar-refractivity contribution in [2.45, 2.75) is 11.8 Å². The number of phenolic OH excluding ortho intramolecular Hbond substituents is 1. The van der Waals surface area contributed by atoms with Gasteiger partial charge < -0.3 is 5.11 Å². The summed E-state index contributed by atoms with van der Waals surface area (Å²) in [5, 5.41) is 28.7. The Hall–Kier alpha value is -2.95. The van der Waals surface area contributed by atoms with Crippen molar-refractivity contribution in [2.75, 3.05) is 0 Å². The van der Waals surface area contributed by atoms with Crippen molar-refractivity contribution >= 4 is 73.2 Å². The maximum Gasteiger partial charge on any atom is 0.294 e. The molecule has 0 aliphatic rings. The van der Waals surface area contributed by atoms with Crippen LogP contribution in [0.4, 0.5) is 22.7 Å². The van der Waals surface area contributed by atoms with Crippen LogP contribution < -0.4 is 0 Å². The summed E-state index contributed by atoms with van der Waals surface area (Å²) in [6, 6.07) is 21.7. The van der Waals surface area contributed by atoms with Crippen LogP contribution in [0, 0.1) is 6.92 Å². The van der Waals surface area contributed by atoms with E-state index in [0.29, 0.717) is 22.7 Å². The van der Waals surface area contributed by atoms with Crippen LogP contribution in [0.15, 0.2) is 104 Å². The Morgan fingerprint density at radius 3 is 2.12 bits per heavy atom. The predicted octanol–water partition coefficient (Wildman–Crippen LogP) is 6.55. The third-order valence-corrected chi connectivity index (χ3v) is 5.60. The van der Waals surface area contributed by atoms with E-state index >= 15 is 0 Å². The molecular weight excluding hydrogens is 451 g/mol. The Kier molecular flexibility index (Phi) is 7.72. The Labute approximate surface area is 212 Å². The molecule has 4 rings (SSSR count). The molecule has 0 bridgehead atoms. The number of aryl methyl sites for hydroxylation is 1. The van der Waals surface area contributed by atoms with Crippen molar-refractivity contribution in [3.05, 3.63) is 84.4 Å². The van der Waals surface area contributed by atoms with Gasteiger partial charge in [0, 0.05) is 34.9 Å².